The fourth-order valence-corrected chi connectivity index (χ4v) is 2.50. The van der Waals surface area contributed by atoms with Crippen molar-refractivity contribution in [2.24, 2.45) is 5.73 Å². The molecular formula is C15H21FN2O2. The number of hydrogen-bond acceptors (Lipinski definition) is 3. The molecule has 1 atom stereocenters. The van der Waals surface area contributed by atoms with Crippen molar-refractivity contribution >= 4 is 5.91 Å². The third kappa shape index (κ3) is 3.77. The molecule has 1 unspecified atom stereocenters. The van der Waals surface area contributed by atoms with Crippen LogP contribution in [0.5, 0.6) is 0 Å². The molecule has 2 N–H and O–H groups in total. The fourth-order valence-electron chi connectivity index (χ4n) is 2.50. The maximum absolute atomic E-state index is 12.9. The van der Waals surface area contributed by atoms with Crippen LogP contribution in [0, 0.1) is 5.82 Å². The Bertz CT molecular complexity index is 473. The Kier molecular flexibility index (Phi) is 4.40. The lowest BCUT2D eigenvalue weighted by Crippen LogP contribution is -2.56. The van der Waals surface area contributed by atoms with Crippen LogP contribution in [-0.4, -0.2) is 42.1 Å². The first kappa shape index (κ1) is 14.9. The predicted molar refractivity (Wildman–Crippen MR) is 74.7 cm³/mol. The molecule has 20 heavy (non-hydrogen) atoms. The molecule has 0 saturated carbocycles. The van der Waals surface area contributed by atoms with Crippen molar-refractivity contribution in [1.29, 1.82) is 0 Å². The third-order valence-corrected chi connectivity index (χ3v) is 3.37. The highest BCUT2D eigenvalue weighted by molar-refractivity contribution is 5.79. The zero-order valence-corrected chi connectivity index (χ0v) is 11.9. The molecule has 5 heteroatoms. The first-order valence-electron chi connectivity index (χ1n) is 6.80. The molecule has 1 fully saturated rings. The van der Waals surface area contributed by atoms with E-state index < -0.39 is 0 Å². The minimum absolute atomic E-state index is 0.0198. The topological polar surface area (TPSA) is 55.6 Å². The summed E-state index contributed by atoms with van der Waals surface area (Å²) in [5.41, 5.74) is 6.07. The summed E-state index contributed by atoms with van der Waals surface area (Å²) in [5, 5.41) is 0. The lowest BCUT2D eigenvalue weighted by atomic mass is 10.0. The van der Waals surface area contributed by atoms with Gasteiger partial charge in [0.2, 0.25) is 5.91 Å². The van der Waals surface area contributed by atoms with E-state index in [4.69, 9.17) is 10.5 Å². The zero-order chi connectivity index (χ0) is 14.8. The van der Waals surface area contributed by atoms with Crippen LogP contribution in [0.1, 0.15) is 19.4 Å². The highest BCUT2D eigenvalue weighted by Crippen LogP contribution is 2.21. The van der Waals surface area contributed by atoms with Crippen LogP contribution in [0.3, 0.4) is 0 Å². The van der Waals surface area contributed by atoms with Crippen molar-refractivity contribution in [3.8, 4) is 0 Å². The van der Waals surface area contributed by atoms with Crippen molar-refractivity contribution in [2.45, 2.75) is 32.0 Å². The normalized spacial score (nSPS) is 21.8. The van der Waals surface area contributed by atoms with Gasteiger partial charge >= 0.3 is 0 Å². The van der Waals surface area contributed by atoms with Gasteiger partial charge in [0.25, 0.3) is 0 Å². The van der Waals surface area contributed by atoms with E-state index in [9.17, 15) is 9.18 Å². The van der Waals surface area contributed by atoms with Crippen LogP contribution in [-0.2, 0) is 16.0 Å². The van der Waals surface area contributed by atoms with E-state index in [0.717, 1.165) is 5.56 Å². The van der Waals surface area contributed by atoms with Gasteiger partial charge in [-0.1, -0.05) is 12.1 Å². The number of carbonyl (C=O) groups is 1. The predicted octanol–water partition coefficient (Wildman–Crippen LogP) is 1.33. The smallest absolute Gasteiger partial charge is 0.227 e. The number of ether oxygens (including phenoxy) is 1. The molecule has 0 radical (unpaired) electrons. The Morgan fingerprint density at radius 2 is 2.10 bits per heavy atom. The quantitative estimate of drug-likeness (QED) is 0.909. The highest BCUT2D eigenvalue weighted by atomic mass is 19.1. The minimum atomic E-state index is -0.388. The Labute approximate surface area is 118 Å². The summed E-state index contributed by atoms with van der Waals surface area (Å²) in [5.74, 6) is -0.275. The molecular weight excluding hydrogens is 259 g/mol. The molecule has 1 aromatic rings. The van der Waals surface area contributed by atoms with Gasteiger partial charge in [-0.3, -0.25) is 4.79 Å². The van der Waals surface area contributed by atoms with Crippen molar-refractivity contribution in [2.75, 3.05) is 19.6 Å². The van der Waals surface area contributed by atoms with Crippen LogP contribution in [0.15, 0.2) is 24.3 Å². The number of nitrogens with zero attached hydrogens (tertiary/aromatic N) is 1. The summed E-state index contributed by atoms with van der Waals surface area (Å²) < 4.78 is 18.7. The van der Waals surface area contributed by atoms with Gasteiger partial charge in [0.1, 0.15) is 5.82 Å². The molecule has 110 valence electrons. The third-order valence-electron chi connectivity index (χ3n) is 3.37. The summed E-state index contributed by atoms with van der Waals surface area (Å²) in [4.78, 5) is 14.1. The SMILES string of the molecule is CC1(C)CN(C(=O)Cc2ccc(F)cc2)CC(CN)O1. The average Bonchev–Trinajstić information content (AvgIpc) is 2.39. The molecule has 4 nitrogen and oxygen atoms in total. The second-order valence-corrected chi connectivity index (χ2v) is 5.81. The lowest BCUT2D eigenvalue weighted by Gasteiger charge is -2.42. The van der Waals surface area contributed by atoms with Crippen LogP contribution in [0.25, 0.3) is 0 Å². The Balaban J connectivity index is 2.02. The number of morpholine rings is 1. The maximum atomic E-state index is 12.9. The number of carbonyl (C=O) groups excluding carboxylic acids is 1. The Morgan fingerprint density at radius 1 is 1.45 bits per heavy atom. The van der Waals surface area contributed by atoms with E-state index in [1.165, 1.54) is 12.1 Å². The number of amides is 1. The standard InChI is InChI=1S/C15H21FN2O2/c1-15(2)10-18(9-13(8-17)20-15)14(19)7-11-3-5-12(16)6-4-11/h3-6,13H,7-10,17H2,1-2H3. The average molecular weight is 280 g/mol. The number of halogens is 1. The van der Waals surface area contributed by atoms with E-state index in [0.29, 0.717) is 19.6 Å². The molecule has 2 rings (SSSR count). The number of benzene rings is 1. The van der Waals surface area contributed by atoms with Crippen LogP contribution in [0.4, 0.5) is 4.39 Å². The summed E-state index contributed by atoms with van der Waals surface area (Å²) in [6.45, 7) is 5.35. The van der Waals surface area contributed by atoms with Crippen molar-refractivity contribution in [1.82, 2.24) is 4.90 Å². The summed E-state index contributed by atoms with van der Waals surface area (Å²) >= 11 is 0. The molecule has 0 bridgehead atoms. The molecule has 0 aromatic heterocycles. The maximum Gasteiger partial charge on any atom is 0.227 e. The summed E-state index contributed by atoms with van der Waals surface area (Å²) in [6.07, 6.45) is 0.143. The van der Waals surface area contributed by atoms with E-state index in [-0.39, 0.29) is 29.9 Å². The molecule has 0 aliphatic carbocycles. The molecule has 0 spiro atoms. The van der Waals surface area contributed by atoms with E-state index in [2.05, 4.69) is 0 Å². The molecule has 1 heterocycles. The van der Waals surface area contributed by atoms with Gasteiger partial charge < -0.3 is 15.4 Å². The van der Waals surface area contributed by atoms with E-state index in [1.54, 1.807) is 17.0 Å². The minimum Gasteiger partial charge on any atom is -0.367 e. The molecule has 1 amide bonds. The summed E-state index contributed by atoms with van der Waals surface area (Å²) in [7, 11) is 0. The van der Waals surface area contributed by atoms with Gasteiger partial charge in [-0.25, -0.2) is 4.39 Å². The summed E-state index contributed by atoms with van der Waals surface area (Å²) in [6, 6.07) is 6.02. The molecule has 1 aromatic carbocycles. The number of hydrogen-bond donors (Lipinski definition) is 1. The second-order valence-electron chi connectivity index (χ2n) is 5.81. The Morgan fingerprint density at radius 3 is 2.70 bits per heavy atom. The monoisotopic (exact) mass is 280 g/mol. The molecule has 1 saturated heterocycles. The number of nitrogens with two attached hydrogens (primary N) is 1. The first-order chi connectivity index (χ1) is 9.39. The van der Waals surface area contributed by atoms with Crippen LogP contribution in [0.2, 0.25) is 0 Å². The van der Waals surface area contributed by atoms with Crippen molar-refractivity contribution in [3.63, 3.8) is 0 Å². The van der Waals surface area contributed by atoms with Gasteiger partial charge in [0, 0.05) is 19.6 Å². The number of rotatable bonds is 3. The second kappa shape index (κ2) is 5.89. The van der Waals surface area contributed by atoms with Gasteiger partial charge in [0.15, 0.2) is 0 Å². The van der Waals surface area contributed by atoms with E-state index in [1.807, 2.05) is 13.8 Å². The van der Waals surface area contributed by atoms with Gasteiger partial charge in [-0.15, -0.1) is 0 Å². The van der Waals surface area contributed by atoms with Crippen LogP contribution < -0.4 is 5.73 Å². The first-order valence-corrected chi connectivity index (χ1v) is 6.80. The van der Waals surface area contributed by atoms with Gasteiger partial charge in [-0.2, -0.15) is 0 Å². The lowest BCUT2D eigenvalue weighted by molar-refractivity contribution is -0.158. The van der Waals surface area contributed by atoms with Crippen molar-refractivity contribution < 1.29 is 13.9 Å². The largest absolute Gasteiger partial charge is 0.367 e. The van der Waals surface area contributed by atoms with Gasteiger partial charge in [0.05, 0.1) is 18.1 Å². The van der Waals surface area contributed by atoms with Crippen LogP contribution >= 0.6 is 0 Å². The van der Waals surface area contributed by atoms with E-state index >= 15 is 0 Å². The van der Waals surface area contributed by atoms with Crippen molar-refractivity contribution in [3.05, 3.63) is 35.6 Å². The molecule has 1 aliphatic rings. The highest BCUT2D eigenvalue weighted by Gasteiger charge is 2.34. The fraction of sp³-hybridized carbons (Fsp3) is 0.533. The molecule has 1 aliphatic heterocycles. The zero-order valence-electron chi connectivity index (χ0n) is 11.9. The van der Waals surface area contributed by atoms with Gasteiger partial charge in [-0.05, 0) is 31.5 Å². The Hall–Kier alpha value is -1.46.